The SMILES string of the molecule is CN1C(=O)C(C)(Cc2ccc(F)cc2)N(C)C(=O)C1Cc1ccccc1C#N. The average molecular weight is 379 g/mol. The lowest BCUT2D eigenvalue weighted by atomic mass is 9.85. The normalized spacial score (nSPS) is 22.3. The van der Waals surface area contributed by atoms with Crippen LogP contribution in [-0.4, -0.2) is 47.3 Å². The van der Waals surface area contributed by atoms with Crippen molar-refractivity contribution in [2.45, 2.75) is 31.3 Å². The topological polar surface area (TPSA) is 64.4 Å². The van der Waals surface area contributed by atoms with E-state index in [1.54, 1.807) is 51.4 Å². The van der Waals surface area contributed by atoms with Gasteiger partial charge in [-0.25, -0.2) is 4.39 Å². The Morgan fingerprint density at radius 1 is 1.11 bits per heavy atom. The maximum Gasteiger partial charge on any atom is 0.249 e. The van der Waals surface area contributed by atoms with Gasteiger partial charge in [0.25, 0.3) is 0 Å². The number of benzene rings is 2. The van der Waals surface area contributed by atoms with Crippen LogP contribution in [-0.2, 0) is 22.4 Å². The summed E-state index contributed by atoms with van der Waals surface area (Å²) in [6.07, 6.45) is 0.571. The third kappa shape index (κ3) is 3.36. The molecule has 3 rings (SSSR count). The van der Waals surface area contributed by atoms with Crippen molar-refractivity contribution in [1.29, 1.82) is 5.26 Å². The highest BCUT2D eigenvalue weighted by Gasteiger charge is 2.50. The molecule has 2 unspecified atom stereocenters. The molecule has 6 heteroatoms. The van der Waals surface area contributed by atoms with Crippen LogP contribution in [0.4, 0.5) is 4.39 Å². The highest BCUT2D eigenvalue weighted by Crippen LogP contribution is 2.30. The molecular weight excluding hydrogens is 357 g/mol. The Balaban J connectivity index is 1.88. The molecule has 1 aliphatic heterocycles. The summed E-state index contributed by atoms with van der Waals surface area (Å²) in [4.78, 5) is 29.3. The van der Waals surface area contributed by atoms with Gasteiger partial charge in [0.15, 0.2) is 0 Å². The summed E-state index contributed by atoms with van der Waals surface area (Å²) in [6.45, 7) is 1.73. The Labute approximate surface area is 164 Å². The standard InChI is InChI=1S/C22H22FN3O2/c1-22(13-15-8-10-18(23)11-9-15)21(28)25(2)19(20(27)26(22)3)12-16-6-4-5-7-17(16)14-24/h4-11,19H,12-13H2,1-3H3. The van der Waals surface area contributed by atoms with Crippen LogP contribution >= 0.6 is 0 Å². The van der Waals surface area contributed by atoms with Crippen LogP contribution in [0, 0.1) is 17.1 Å². The maximum absolute atomic E-state index is 13.2. The molecule has 1 heterocycles. The van der Waals surface area contributed by atoms with Gasteiger partial charge in [0.1, 0.15) is 17.4 Å². The summed E-state index contributed by atoms with van der Waals surface area (Å²) in [7, 11) is 3.25. The van der Waals surface area contributed by atoms with Gasteiger partial charge in [0, 0.05) is 26.9 Å². The van der Waals surface area contributed by atoms with E-state index in [0.717, 1.165) is 11.1 Å². The molecule has 0 bridgehead atoms. The second-order valence-electron chi connectivity index (χ2n) is 7.38. The summed E-state index contributed by atoms with van der Waals surface area (Å²) in [5, 5.41) is 9.30. The number of hydrogen-bond donors (Lipinski definition) is 0. The zero-order valence-corrected chi connectivity index (χ0v) is 16.1. The van der Waals surface area contributed by atoms with Crippen LogP contribution in [0.1, 0.15) is 23.6 Å². The Bertz CT molecular complexity index is 951. The van der Waals surface area contributed by atoms with E-state index in [-0.39, 0.29) is 24.1 Å². The highest BCUT2D eigenvalue weighted by atomic mass is 19.1. The summed E-state index contributed by atoms with van der Waals surface area (Å²) in [6, 6.07) is 14.5. The summed E-state index contributed by atoms with van der Waals surface area (Å²) < 4.78 is 13.2. The molecule has 1 fully saturated rings. The Morgan fingerprint density at radius 2 is 1.75 bits per heavy atom. The predicted molar refractivity (Wildman–Crippen MR) is 103 cm³/mol. The molecule has 28 heavy (non-hydrogen) atoms. The first-order chi connectivity index (χ1) is 13.3. The number of likely N-dealkylation sites (N-methyl/N-ethyl adjacent to an activating group) is 2. The van der Waals surface area contributed by atoms with Crippen molar-refractivity contribution < 1.29 is 14.0 Å². The summed E-state index contributed by atoms with van der Waals surface area (Å²) >= 11 is 0. The molecule has 0 N–H and O–H groups in total. The van der Waals surface area contributed by atoms with Crippen LogP contribution in [0.2, 0.25) is 0 Å². The molecule has 2 aromatic rings. The van der Waals surface area contributed by atoms with E-state index < -0.39 is 11.6 Å². The number of halogens is 1. The Kier molecular flexibility index (Phi) is 5.19. The minimum Gasteiger partial charge on any atom is -0.331 e. The second-order valence-corrected chi connectivity index (χ2v) is 7.38. The summed E-state index contributed by atoms with van der Waals surface area (Å²) in [5.74, 6) is -0.709. The molecule has 5 nitrogen and oxygen atoms in total. The van der Waals surface area contributed by atoms with Crippen molar-refractivity contribution in [2.75, 3.05) is 14.1 Å². The van der Waals surface area contributed by atoms with Crippen molar-refractivity contribution in [3.8, 4) is 6.07 Å². The van der Waals surface area contributed by atoms with Gasteiger partial charge in [-0.1, -0.05) is 30.3 Å². The molecule has 0 spiro atoms. The summed E-state index contributed by atoms with van der Waals surface area (Å²) in [5.41, 5.74) is 0.949. The van der Waals surface area contributed by atoms with Gasteiger partial charge >= 0.3 is 0 Å². The van der Waals surface area contributed by atoms with Gasteiger partial charge < -0.3 is 9.80 Å². The van der Waals surface area contributed by atoms with Crippen molar-refractivity contribution in [2.24, 2.45) is 0 Å². The van der Waals surface area contributed by atoms with Gasteiger partial charge in [-0.2, -0.15) is 5.26 Å². The average Bonchev–Trinajstić information content (AvgIpc) is 2.70. The van der Waals surface area contributed by atoms with Crippen molar-refractivity contribution in [3.63, 3.8) is 0 Å². The first-order valence-corrected chi connectivity index (χ1v) is 9.05. The van der Waals surface area contributed by atoms with E-state index in [1.165, 1.54) is 21.9 Å². The zero-order valence-electron chi connectivity index (χ0n) is 16.1. The van der Waals surface area contributed by atoms with Gasteiger partial charge in [0.05, 0.1) is 11.6 Å². The maximum atomic E-state index is 13.2. The molecular formula is C22H22FN3O2. The van der Waals surface area contributed by atoms with E-state index in [9.17, 15) is 19.2 Å². The number of hydrogen-bond acceptors (Lipinski definition) is 3. The largest absolute Gasteiger partial charge is 0.331 e. The fraction of sp³-hybridized carbons (Fsp3) is 0.318. The molecule has 0 aliphatic carbocycles. The number of amides is 2. The third-order valence-electron chi connectivity index (χ3n) is 5.62. The van der Waals surface area contributed by atoms with E-state index in [0.29, 0.717) is 12.0 Å². The molecule has 144 valence electrons. The molecule has 2 aromatic carbocycles. The van der Waals surface area contributed by atoms with Crippen molar-refractivity contribution in [1.82, 2.24) is 9.80 Å². The van der Waals surface area contributed by atoms with Gasteiger partial charge in [-0.3, -0.25) is 9.59 Å². The lowest BCUT2D eigenvalue weighted by Gasteiger charge is -2.48. The number of nitrogens with zero attached hydrogens (tertiary/aromatic N) is 3. The van der Waals surface area contributed by atoms with Crippen LogP contribution in [0.15, 0.2) is 48.5 Å². The first-order valence-electron chi connectivity index (χ1n) is 9.05. The van der Waals surface area contributed by atoms with E-state index in [1.807, 2.05) is 6.07 Å². The molecule has 2 atom stereocenters. The van der Waals surface area contributed by atoms with E-state index >= 15 is 0 Å². The minimum atomic E-state index is -1.06. The number of piperazine rings is 1. The fourth-order valence-corrected chi connectivity index (χ4v) is 3.73. The van der Waals surface area contributed by atoms with Crippen molar-refractivity contribution in [3.05, 3.63) is 71.0 Å². The molecule has 0 saturated carbocycles. The number of nitriles is 1. The fourth-order valence-electron chi connectivity index (χ4n) is 3.73. The number of carbonyl (C=O) groups excluding carboxylic acids is 2. The molecule has 0 aromatic heterocycles. The van der Waals surface area contributed by atoms with E-state index in [4.69, 9.17) is 0 Å². The van der Waals surface area contributed by atoms with Crippen LogP contribution in [0.5, 0.6) is 0 Å². The molecule has 1 saturated heterocycles. The third-order valence-corrected chi connectivity index (χ3v) is 5.62. The monoisotopic (exact) mass is 379 g/mol. The van der Waals surface area contributed by atoms with Gasteiger partial charge in [0.2, 0.25) is 11.8 Å². The molecule has 1 aliphatic rings. The van der Waals surface area contributed by atoms with Crippen LogP contribution < -0.4 is 0 Å². The Hall–Kier alpha value is -3.20. The lowest BCUT2D eigenvalue weighted by molar-refractivity contribution is -0.166. The zero-order chi connectivity index (χ0) is 20.5. The number of carbonyl (C=O) groups is 2. The lowest BCUT2D eigenvalue weighted by Crippen LogP contribution is -2.69. The predicted octanol–water partition coefficient (Wildman–Crippen LogP) is 2.54. The minimum absolute atomic E-state index is 0.181. The quantitative estimate of drug-likeness (QED) is 0.820. The highest BCUT2D eigenvalue weighted by molar-refractivity contribution is 5.99. The van der Waals surface area contributed by atoms with E-state index in [2.05, 4.69) is 6.07 Å². The van der Waals surface area contributed by atoms with Gasteiger partial charge in [-0.15, -0.1) is 0 Å². The number of rotatable bonds is 4. The Morgan fingerprint density at radius 3 is 2.39 bits per heavy atom. The van der Waals surface area contributed by atoms with Gasteiger partial charge in [-0.05, 0) is 36.2 Å². The molecule has 2 amide bonds. The van der Waals surface area contributed by atoms with Crippen molar-refractivity contribution >= 4 is 11.8 Å². The van der Waals surface area contributed by atoms with Crippen LogP contribution in [0.25, 0.3) is 0 Å². The first kappa shape index (κ1) is 19.6. The van der Waals surface area contributed by atoms with Crippen LogP contribution in [0.3, 0.4) is 0 Å². The smallest absolute Gasteiger partial charge is 0.249 e. The molecule has 0 radical (unpaired) electrons. The second kappa shape index (κ2) is 7.43.